The number of aromatic nitrogens is 2. The van der Waals surface area contributed by atoms with E-state index >= 15 is 0 Å². The lowest BCUT2D eigenvalue weighted by atomic mass is 10.2. The highest BCUT2D eigenvalue weighted by atomic mass is 16.6. The van der Waals surface area contributed by atoms with Gasteiger partial charge < -0.3 is 21.1 Å². The van der Waals surface area contributed by atoms with E-state index in [9.17, 15) is 9.59 Å². The Labute approximate surface area is 144 Å². The summed E-state index contributed by atoms with van der Waals surface area (Å²) in [5.74, 6) is -0.193. The van der Waals surface area contributed by atoms with Gasteiger partial charge in [-0.3, -0.25) is 9.59 Å². The smallest absolute Gasteiger partial charge is 0.277 e. The first kappa shape index (κ1) is 18.2. The summed E-state index contributed by atoms with van der Waals surface area (Å²) in [5, 5.41) is 12.0. The van der Waals surface area contributed by atoms with Gasteiger partial charge in [-0.15, -0.1) is 0 Å². The maximum atomic E-state index is 12.1. The minimum Gasteiger partial charge on any atom is -0.494 e. The fourth-order valence-electron chi connectivity index (χ4n) is 1.95. The van der Waals surface area contributed by atoms with Crippen LogP contribution in [-0.4, -0.2) is 41.8 Å². The molecule has 9 heteroatoms. The lowest BCUT2D eigenvalue weighted by Crippen LogP contribution is -2.35. The molecule has 9 nitrogen and oxygen atoms in total. The quantitative estimate of drug-likeness (QED) is 0.576. The Bertz CT molecular complexity index is 716. The molecule has 1 aromatic heterocycles. The number of rotatable bonds is 9. The number of nitrogen functional groups attached to an aromatic ring is 1. The second-order valence-electron chi connectivity index (χ2n) is 5.24. The van der Waals surface area contributed by atoms with Crippen molar-refractivity contribution < 1.29 is 19.0 Å². The molecule has 0 aliphatic rings. The fourth-order valence-corrected chi connectivity index (χ4v) is 1.95. The van der Waals surface area contributed by atoms with Crippen molar-refractivity contribution >= 4 is 17.6 Å². The van der Waals surface area contributed by atoms with Gasteiger partial charge in [0, 0.05) is 18.7 Å². The third-order valence-electron chi connectivity index (χ3n) is 3.29. The number of carbonyl (C=O) groups excluding carboxylic acids is 2. The van der Waals surface area contributed by atoms with Crippen molar-refractivity contribution in [1.29, 1.82) is 0 Å². The van der Waals surface area contributed by atoms with Crippen LogP contribution < -0.4 is 21.1 Å². The molecule has 1 aromatic carbocycles. The molecule has 0 spiro atoms. The molecule has 134 valence electrons. The van der Waals surface area contributed by atoms with Crippen LogP contribution in [0.15, 0.2) is 28.9 Å². The van der Waals surface area contributed by atoms with E-state index in [0.29, 0.717) is 17.9 Å². The zero-order valence-corrected chi connectivity index (χ0v) is 13.9. The van der Waals surface area contributed by atoms with E-state index in [0.717, 1.165) is 12.8 Å². The van der Waals surface area contributed by atoms with Crippen molar-refractivity contribution in [3.63, 3.8) is 0 Å². The molecule has 0 saturated carbocycles. The van der Waals surface area contributed by atoms with Crippen molar-refractivity contribution in [3.8, 4) is 5.75 Å². The molecule has 0 aliphatic heterocycles. The van der Waals surface area contributed by atoms with Crippen LogP contribution in [0.25, 0.3) is 0 Å². The molecule has 0 aliphatic carbocycles. The Morgan fingerprint density at radius 3 is 2.64 bits per heavy atom. The first-order chi connectivity index (χ1) is 12.1. The van der Waals surface area contributed by atoms with Gasteiger partial charge in [-0.2, -0.15) is 0 Å². The maximum Gasteiger partial charge on any atom is 0.277 e. The summed E-state index contributed by atoms with van der Waals surface area (Å²) in [4.78, 5) is 23.8. The van der Waals surface area contributed by atoms with Crippen molar-refractivity contribution in [2.75, 3.05) is 25.4 Å². The molecule has 0 bridgehead atoms. The number of unbranched alkanes of at least 4 members (excludes halogenated alkanes) is 1. The van der Waals surface area contributed by atoms with E-state index in [1.54, 1.807) is 18.2 Å². The van der Waals surface area contributed by atoms with Gasteiger partial charge in [0.15, 0.2) is 0 Å². The molecule has 0 fully saturated rings. The molecule has 25 heavy (non-hydrogen) atoms. The van der Waals surface area contributed by atoms with Crippen LogP contribution in [0.5, 0.6) is 5.75 Å². The Kier molecular flexibility index (Phi) is 6.76. The van der Waals surface area contributed by atoms with Gasteiger partial charge in [-0.1, -0.05) is 19.4 Å². The van der Waals surface area contributed by atoms with E-state index in [1.807, 2.05) is 6.07 Å². The summed E-state index contributed by atoms with van der Waals surface area (Å²) in [6.07, 6.45) is 2.00. The van der Waals surface area contributed by atoms with Crippen molar-refractivity contribution in [2.24, 2.45) is 0 Å². The number of amides is 2. The van der Waals surface area contributed by atoms with Gasteiger partial charge in [0.2, 0.25) is 11.5 Å². The Morgan fingerprint density at radius 2 is 1.96 bits per heavy atom. The van der Waals surface area contributed by atoms with Crippen LogP contribution in [0.1, 0.15) is 40.6 Å². The van der Waals surface area contributed by atoms with E-state index < -0.39 is 5.91 Å². The van der Waals surface area contributed by atoms with Crippen LogP contribution in [-0.2, 0) is 0 Å². The highest BCUT2D eigenvalue weighted by molar-refractivity contribution is 5.96. The summed E-state index contributed by atoms with van der Waals surface area (Å²) < 4.78 is 9.92. The zero-order valence-electron chi connectivity index (χ0n) is 13.9. The monoisotopic (exact) mass is 347 g/mol. The minimum absolute atomic E-state index is 0.0803. The molecular weight excluding hydrogens is 326 g/mol. The number of hydrogen-bond acceptors (Lipinski definition) is 7. The second-order valence-corrected chi connectivity index (χ2v) is 5.24. The highest BCUT2D eigenvalue weighted by Gasteiger charge is 2.15. The number of nitrogens with two attached hydrogens (primary N) is 1. The summed E-state index contributed by atoms with van der Waals surface area (Å²) in [6, 6.07) is 6.95. The average Bonchev–Trinajstić information content (AvgIpc) is 3.05. The fraction of sp³-hybridized carbons (Fsp3) is 0.375. The summed E-state index contributed by atoms with van der Waals surface area (Å²) in [7, 11) is 0. The Morgan fingerprint density at radius 1 is 1.20 bits per heavy atom. The molecule has 4 N–H and O–H groups in total. The average molecular weight is 347 g/mol. The van der Waals surface area contributed by atoms with E-state index in [1.165, 1.54) is 0 Å². The first-order valence-electron chi connectivity index (χ1n) is 7.99. The normalized spacial score (nSPS) is 10.3. The number of benzene rings is 1. The van der Waals surface area contributed by atoms with Crippen molar-refractivity contribution in [2.45, 2.75) is 19.8 Å². The molecule has 0 saturated heterocycles. The molecular formula is C16H21N5O4. The third kappa shape index (κ3) is 5.48. The standard InChI is InChI=1S/C16H21N5O4/c1-2-3-9-24-12-6-4-5-11(10-12)15(22)18-7-8-19-16(23)13-14(17)21-25-20-13/h4-6,10H,2-3,7-9H2,1H3,(H2,17,21)(H,18,22)(H,19,23). The highest BCUT2D eigenvalue weighted by Crippen LogP contribution is 2.13. The molecule has 0 radical (unpaired) electrons. The molecule has 0 atom stereocenters. The Hall–Kier alpha value is -3.10. The third-order valence-corrected chi connectivity index (χ3v) is 3.29. The predicted octanol–water partition coefficient (Wildman–Crippen LogP) is 0.990. The summed E-state index contributed by atoms with van der Waals surface area (Å²) in [6.45, 7) is 3.16. The molecule has 2 amide bonds. The van der Waals surface area contributed by atoms with Crippen molar-refractivity contribution in [3.05, 3.63) is 35.5 Å². The van der Waals surface area contributed by atoms with Crippen LogP contribution in [0.3, 0.4) is 0 Å². The van der Waals surface area contributed by atoms with Crippen LogP contribution >= 0.6 is 0 Å². The largest absolute Gasteiger partial charge is 0.494 e. The van der Waals surface area contributed by atoms with Gasteiger partial charge in [0.1, 0.15) is 5.75 Å². The number of nitrogens with zero attached hydrogens (tertiary/aromatic N) is 2. The maximum absolute atomic E-state index is 12.1. The number of ether oxygens (including phenoxy) is 1. The zero-order chi connectivity index (χ0) is 18.1. The molecule has 2 rings (SSSR count). The molecule has 2 aromatic rings. The number of nitrogens with one attached hydrogen (secondary N) is 2. The first-order valence-corrected chi connectivity index (χ1v) is 7.99. The SMILES string of the molecule is CCCCOc1cccc(C(=O)NCCNC(=O)c2nonc2N)c1. The lowest BCUT2D eigenvalue weighted by molar-refractivity contribution is 0.0922. The van der Waals surface area contributed by atoms with Gasteiger partial charge >= 0.3 is 0 Å². The van der Waals surface area contributed by atoms with Crippen LogP contribution in [0, 0.1) is 0 Å². The predicted molar refractivity (Wildman–Crippen MR) is 90.2 cm³/mol. The minimum atomic E-state index is -0.515. The van der Waals surface area contributed by atoms with Gasteiger partial charge in [-0.05, 0) is 34.9 Å². The Balaban J connectivity index is 1.75. The van der Waals surface area contributed by atoms with Gasteiger partial charge in [-0.25, -0.2) is 4.63 Å². The van der Waals surface area contributed by atoms with Gasteiger partial charge in [0.05, 0.1) is 6.61 Å². The summed E-state index contributed by atoms with van der Waals surface area (Å²) >= 11 is 0. The second kappa shape index (κ2) is 9.26. The lowest BCUT2D eigenvalue weighted by Gasteiger charge is -2.09. The number of carbonyl (C=O) groups is 2. The van der Waals surface area contributed by atoms with E-state index in [4.69, 9.17) is 10.5 Å². The molecule has 1 heterocycles. The summed E-state index contributed by atoms with van der Waals surface area (Å²) in [5.41, 5.74) is 5.83. The van der Waals surface area contributed by atoms with E-state index in [2.05, 4.69) is 32.5 Å². The number of anilines is 1. The van der Waals surface area contributed by atoms with Crippen LogP contribution in [0.4, 0.5) is 5.82 Å². The van der Waals surface area contributed by atoms with E-state index in [-0.39, 0.29) is 30.5 Å². The topological polar surface area (TPSA) is 132 Å². The van der Waals surface area contributed by atoms with Crippen molar-refractivity contribution in [1.82, 2.24) is 20.9 Å². The van der Waals surface area contributed by atoms with Gasteiger partial charge in [0.25, 0.3) is 11.8 Å². The molecule has 0 unspecified atom stereocenters. The van der Waals surface area contributed by atoms with Crippen LogP contribution in [0.2, 0.25) is 0 Å². The number of hydrogen-bond donors (Lipinski definition) is 3.